The molecule has 0 saturated carbocycles. The molecule has 2 rings (SSSR count). The number of rotatable bonds is 6. The van der Waals surface area contributed by atoms with E-state index in [-0.39, 0.29) is 17.4 Å². The number of amides is 1. The number of hydrogen-bond acceptors (Lipinski definition) is 7. The molecule has 0 aliphatic heterocycles. The zero-order valence-electron chi connectivity index (χ0n) is 12.1. The Hall–Kier alpha value is -2.13. The average Bonchev–Trinajstić information content (AvgIpc) is 2.57. The number of benzene rings is 1. The summed E-state index contributed by atoms with van der Waals surface area (Å²) < 4.78 is 5.51. The van der Waals surface area contributed by atoms with Crippen molar-refractivity contribution in [2.45, 2.75) is 5.16 Å². The molecule has 2 aromatic rings. The number of ether oxygens (including phenoxy) is 1. The summed E-state index contributed by atoms with van der Waals surface area (Å²) in [6.45, 7) is 0. The van der Waals surface area contributed by atoms with Crippen molar-refractivity contribution in [3.8, 4) is 11.5 Å². The van der Waals surface area contributed by atoms with Crippen molar-refractivity contribution in [3.63, 3.8) is 0 Å². The molecule has 1 heterocycles. The Balaban J connectivity index is 1.89. The van der Waals surface area contributed by atoms with E-state index < -0.39 is 0 Å². The molecule has 0 aliphatic carbocycles. The van der Waals surface area contributed by atoms with Crippen molar-refractivity contribution in [3.05, 3.63) is 40.6 Å². The normalized spacial score (nSPS) is 10.7. The van der Waals surface area contributed by atoms with Crippen molar-refractivity contribution in [2.24, 2.45) is 5.10 Å². The van der Waals surface area contributed by atoms with Gasteiger partial charge >= 0.3 is 0 Å². The summed E-state index contributed by atoms with van der Waals surface area (Å²) in [7, 11) is 1.45. The van der Waals surface area contributed by atoms with Gasteiger partial charge < -0.3 is 9.84 Å². The molecule has 2 N–H and O–H groups in total. The van der Waals surface area contributed by atoms with Crippen molar-refractivity contribution in [2.75, 3.05) is 12.9 Å². The highest BCUT2D eigenvalue weighted by molar-refractivity contribution is 9.10. The first-order valence-corrected chi connectivity index (χ1v) is 8.16. The molecule has 0 radical (unpaired) electrons. The minimum Gasteiger partial charge on any atom is -0.503 e. The maximum Gasteiger partial charge on any atom is 0.250 e. The molecule has 1 amide bonds. The number of carbonyl (C=O) groups is 1. The lowest BCUT2D eigenvalue weighted by atomic mass is 10.2. The van der Waals surface area contributed by atoms with Crippen LogP contribution in [0.3, 0.4) is 0 Å². The third-order valence-electron chi connectivity index (χ3n) is 2.55. The van der Waals surface area contributed by atoms with Gasteiger partial charge in [0.2, 0.25) is 0 Å². The summed E-state index contributed by atoms with van der Waals surface area (Å²) in [4.78, 5) is 19.7. The first-order valence-electron chi connectivity index (χ1n) is 6.38. The molecule has 23 heavy (non-hydrogen) atoms. The smallest absolute Gasteiger partial charge is 0.250 e. The number of nitrogens with zero attached hydrogens (tertiary/aromatic N) is 3. The fraction of sp³-hybridized carbons (Fsp3) is 0.143. The van der Waals surface area contributed by atoms with Crippen LogP contribution >= 0.6 is 27.7 Å². The largest absolute Gasteiger partial charge is 0.503 e. The zero-order chi connectivity index (χ0) is 16.7. The predicted octanol–water partition coefficient (Wildman–Crippen LogP) is 2.20. The van der Waals surface area contributed by atoms with Crippen molar-refractivity contribution in [1.82, 2.24) is 15.4 Å². The molecule has 1 aromatic carbocycles. The van der Waals surface area contributed by atoms with Crippen LogP contribution < -0.4 is 10.2 Å². The number of halogens is 1. The first kappa shape index (κ1) is 17.2. The summed E-state index contributed by atoms with van der Waals surface area (Å²) >= 11 is 4.43. The van der Waals surface area contributed by atoms with Crippen LogP contribution in [0.4, 0.5) is 0 Å². The highest BCUT2D eigenvalue weighted by Gasteiger charge is 2.07. The molecule has 1 aromatic heterocycles. The molecule has 0 spiro atoms. The summed E-state index contributed by atoms with van der Waals surface area (Å²) in [6, 6.07) is 4.96. The van der Waals surface area contributed by atoms with E-state index in [1.54, 1.807) is 30.6 Å². The Morgan fingerprint density at radius 1 is 1.48 bits per heavy atom. The third kappa shape index (κ3) is 5.22. The van der Waals surface area contributed by atoms with E-state index in [4.69, 9.17) is 4.74 Å². The van der Waals surface area contributed by atoms with Gasteiger partial charge in [-0.05, 0) is 39.7 Å². The number of hydrazone groups is 1. The van der Waals surface area contributed by atoms with Crippen LogP contribution in [0.2, 0.25) is 0 Å². The van der Waals surface area contributed by atoms with Crippen LogP contribution in [0.25, 0.3) is 0 Å². The molecule has 0 atom stereocenters. The second-order valence-electron chi connectivity index (χ2n) is 4.17. The summed E-state index contributed by atoms with van der Waals surface area (Å²) in [5.41, 5.74) is 3.07. The second kappa shape index (κ2) is 8.49. The number of phenolic OH excluding ortho intramolecular Hbond substituents is 1. The molecule has 0 saturated heterocycles. The van der Waals surface area contributed by atoms with Gasteiger partial charge in [0.25, 0.3) is 5.91 Å². The number of carbonyl (C=O) groups excluding carboxylic acids is 1. The van der Waals surface area contributed by atoms with Crippen LogP contribution in [0.5, 0.6) is 11.5 Å². The lowest BCUT2D eigenvalue weighted by Crippen LogP contribution is -2.19. The number of thioether (sulfide) groups is 1. The lowest BCUT2D eigenvalue weighted by molar-refractivity contribution is -0.118. The molecular weight excluding hydrogens is 384 g/mol. The number of aromatic hydroxyl groups is 1. The van der Waals surface area contributed by atoms with Crippen molar-refractivity contribution < 1.29 is 14.6 Å². The van der Waals surface area contributed by atoms with Gasteiger partial charge in [-0.2, -0.15) is 5.10 Å². The van der Waals surface area contributed by atoms with Crippen LogP contribution in [0.15, 0.2) is 45.3 Å². The van der Waals surface area contributed by atoms with Crippen molar-refractivity contribution in [1.29, 1.82) is 0 Å². The van der Waals surface area contributed by atoms with Crippen LogP contribution in [0.1, 0.15) is 5.56 Å². The molecule has 0 fully saturated rings. The first-order chi connectivity index (χ1) is 11.1. The summed E-state index contributed by atoms with van der Waals surface area (Å²) in [6.07, 6.45) is 4.68. The molecule has 120 valence electrons. The maximum absolute atomic E-state index is 11.7. The van der Waals surface area contributed by atoms with Crippen molar-refractivity contribution >= 4 is 39.8 Å². The highest BCUT2D eigenvalue weighted by Crippen LogP contribution is 2.34. The highest BCUT2D eigenvalue weighted by atomic mass is 79.9. The fourth-order valence-electron chi connectivity index (χ4n) is 1.53. The average molecular weight is 397 g/mol. The Morgan fingerprint density at radius 2 is 2.22 bits per heavy atom. The molecular formula is C14H13BrN4O3S. The Bertz CT molecular complexity index is 713. The van der Waals surface area contributed by atoms with Gasteiger partial charge in [0, 0.05) is 12.4 Å². The maximum atomic E-state index is 11.7. The van der Waals surface area contributed by atoms with E-state index in [1.807, 2.05) is 0 Å². The molecule has 9 heteroatoms. The molecule has 7 nitrogen and oxygen atoms in total. The third-order valence-corrected chi connectivity index (χ3v) is 4.03. The Labute approximate surface area is 145 Å². The Morgan fingerprint density at radius 3 is 2.91 bits per heavy atom. The molecule has 0 bridgehead atoms. The van der Waals surface area contributed by atoms with E-state index in [2.05, 4.69) is 36.4 Å². The fourth-order valence-corrected chi connectivity index (χ4v) is 2.58. The summed E-state index contributed by atoms with van der Waals surface area (Å²) in [5.74, 6) is 0.199. The summed E-state index contributed by atoms with van der Waals surface area (Å²) in [5, 5.41) is 14.1. The van der Waals surface area contributed by atoms with Gasteiger partial charge in [-0.25, -0.2) is 15.4 Å². The lowest BCUT2D eigenvalue weighted by Gasteiger charge is -2.06. The van der Waals surface area contributed by atoms with Gasteiger partial charge in [0.1, 0.15) is 0 Å². The predicted molar refractivity (Wildman–Crippen MR) is 90.9 cm³/mol. The number of aromatic nitrogens is 2. The van der Waals surface area contributed by atoms with Gasteiger partial charge in [-0.1, -0.05) is 11.8 Å². The minimum atomic E-state index is -0.275. The van der Waals surface area contributed by atoms with E-state index in [0.29, 0.717) is 20.9 Å². The van der Waals surface area contributed by atoms with Gasteiger partial charge in [0.15, 0.2) is 16.7 Å². The van der Waals surface area contributed by atoms with E-state index >= 15 is 0 Å². The monoisotopic (exact) mass is 396 g/mol. The Kier molecular flexibility index (Phi) is 6.36. The SMILES string of the molecule is COc1cc(C=NNC(=O)CSc2ncccn2)cc(Br)c1O. The number of phenols is 1. The van der Waals surface area contributed by atoms with E-state index in [9.17, 15) is 9.90 Å². The quantitative estimate of drug-likeness (QED) is 0.336. The molecule has 0 unspecified atom stereocenters. The minimum absolute atomic E-state index is 0.00736. The van der Waals surface area contributed by atoms with E-state index in [0.717, 1.165) is 0 Å². The van der Waals surface area contributed by atoms with Crippen LogP contribution in [-0.2, 0) is 4.79 Å². The number of hydrogen-bond donors (Lipinski definition) is 2. The number of nitrogens with one attached hydrogen (secondary N) is 1. The van der Waals surface area contributed by atoms with Crippen LogP contribution in [0, 0.1) is 0 Å². The standard InChI is InChI=1S/C14H13BrN4O3S/c1-22-11-6-9(5-10(15)13(11)21)7-18-19-12(20)8-23-14-16-3-2-4-17-14/h2-7,21H,8H2,1H3,(H,19,20). The number of methoxy groups -OCH3 is 1. The topological polar surface area (TPSA) is 96.7 Å². The second-order valence-corrected chi connectivity index (χ2v) is 5.96. The zero-order valence-corrected chi connectivity index (χ0v) is 14.5. The van der Waals surface area contributed by atoms with Crippen LogP contribution in [-0.4, -0.2) is 40.1 Å². The van der Waals surface area contributed by atoms with Gasteiger partial charge in [0.05, 0.1) is 23.5 Å². The van der Waals surface area contributed by atoms with Gasteiger partial charge in [-0.15, -0.1) is 0 Å². The van der Waals surface area contributed by atoms with E-state index in [1.165, 1.54) is 25.1 Å². The molecule has 0 aliphatic rings. The van der Waals surface area contributed by atoms with Gasteiger partial charge in [-0.3, -0.25) is 4.79 Å².